The third-order valence-corrected chi connectivity index (χ3v) is 3.61. The molecule has 0 bridgehead atoms. The van der Waals surface area contributed by atoms with Gasteiger partial charge in [0.25, 0.3) is 0 Å². The Morgan fingerprint density at radius 1 is 1.41 bits per heavy atom. The second kappa shape index (κ2) is 3.73. The van der Waals surface area contributed by atoms with Crippen molar-refractivity contribution in [1.29, 1.82) is 0 Å². The molecule has 1 amide bonds. The van der Waals surface area contributed by atoms with Gasteiger partial charge in [0.05, 0.1) is 0 Å². The van der Waals surface area contributed by atoms with Gasteiger partial charge in [-0.25, -0.2) is 4.79 Å². The molecule has 0 aromatic carbocycles. The van der Waals surface area contributed by atoms with E-state index >= 15 is 0 Å². The number of amides is 1. The van der Waals surface area contributed by atoms with Crippen LogP contribution >= 0.6 is 11.6 Å². The molecule has 6 nitrogen and oxygen atoms in total. The molecule has 1 saturated heterocycles. The minimum absolute atomic E-state index is 0.320. The van der Waals surface area contributed by atoms with Crippen LogP contribution in [0.3, 0.4) is 0 Å². The Morgan fingerprint density at radius 3 is 2.65 bits per heavy atom. The molecule has 90 valence electrons. The fourth-order valence-electron chi connectivity index (χ4n) is 2.46. The number of hydrogen-bond acceptors (Lipinski definition) is 4. The number of piperidine rings is 1. The molecule has 1 aromatic rings. The average Bonchev–Trinajstić information content (AvgIpc) is 2.76. The van der Waals surface area contributed by atoms with E-state index in [1.54, 1.807) is 12.1 Å². The van der Waals surface area contributed by atoms with E-state index in [1.165, 1.54) is 4.90 Å². The number of halogens is 1. The summed E-state index contributed by atoms with van der Waals surface area (Å²) in [5.74, 6) is 1.50. The Labute approximate surface area is 103 Å². The van der Waals surface area contributed by atoms with E-state index in [-0.39, 0.29) is 0 Å². The second-order valence-corrected chi connectivity index (χ2v) is 4.81. The molecule has 2 N–H and O–H groups in total. The van der Waals surface area contributed by atoms with Crippen LogP contribution in [-0.2, 0) is 0 Å². The van der Waals surface area contributed by atoms with Gasteiger partial charge in [-0.1, -0.05) is 11.6 Å². The Morgan fingerprint density at radius 2 is 2.12 bits per heavy atom. The number of nitrogens with one attached hydrogen (secondary N) is 1. The van der Waals surface area contributed by atoms with Crippen LogP contribution in [0.2, 0.25) is 5.15 Å². The summed E-state index contributed by atoms with van der Waals surface area (Å²) in [5.41, 5.74) is 0. The lowest BCUT2D eigenvalue weighted by Gasteiger charge is -2.16. The van der Waals surface area contributed by atoms with Crippen LogP contribution in [0.15, 0.2) is 12.1 Å². The van der Waals surface area contributed by atoms with Gasteiger partial charge in [0.15, 0.2) is 5.15 Å². The topological polar surface area (TPSA) is 78.4 Å². The van der Waals surface area contributed by atoms with Crippen molar-refractivity contribution in [2.24, 2.45) is 11.8 Å². The second-order valence-electron chi connectivity index (χ2n) is 4.43. The minimum Gasteiger partial charge on any atom is -0.465 e. The van der Waals surface area contributed by atoms with E-state index in [9.17, 15) is 4.79 Å². The number of nitrogens with zero attached hydrogens (tertiary/aromatic N) is 3. The van der Waals surface area contributed by atoms with Gasteiger partial charge in [-0.15, -0.1) is 10.2 Å². The Hall–Kier alpha value is -1.56. The number of anilines is 1. The molecule has 1 aliphatic carbocycles. The maximum absolute atomic E-state index is 10.7. The molecular formula is C10H11ClN4O2. The first-order chi connectivity index (χ1) is 8.15. The standard InChI is InChI=1S/C10H11ClN4O2/c11-7-1-2-8(14-13-7)12-9-5-3-15(10(16)17)4-6(5)9/h1-2,5-6,9H,3-4H2,(H,12,14)(H,16,17)/t5-,6+,9+. The Kier molecular flexibility index (Phi) is 2.32. The van der Waals surface area contributed by atoms with Crippen molar-refractivity contribution in [1.82, 2.24) is 15.1 Å². The van der Waals surface area contributed by atoms with Crippen molar-refractivity contribution >= 4 is 23.5 Å². The molecule has 1 saturated carbocycles. The van der Waals surface area contributed by atoms with Crippen molar-refractivity contribution in [3.8, 4) is 0 Å². The number of fused-ring (bicyclic) bond motifs is 1. The Balaban J connectivity index is 1.57. The number of carbonyl (C=O) groups is 1. The molecule has 3 atom stereocenters. The van der Waals surface area contributed by atoms with Gasteiger partial charge in [0.1, 0.15) is 5.82 Å². The summed E-state index contributed by atoms with van der Waals surface area (Å²) in [5, 5.41) is 20.1. The average molecular weight is 255 g/mol. The van der Waals surface area contributed by atoms with Crippen LogP contribution in [-0.4, -0.2) is 45.4 Å². The normalized spacial score (nSPS) is 29.9. The van der Waals surface area contributed by atoms with E-state index in [0.717, 1.165) is 0 Å². The maximum atomic E-state index is 10.7. The fourth-order valence-corrected chi connectivity index (χ4v) is 2.56. The SMILES string of the molecule is O=C(O)N1C[C@@H]2[C@H](C1)[C@H]2Nc1ccc(Cl)nn1. The van der Waals surface area contributed by atoms with Crippen LogP contribution in [0.5, 0.6) is 0 Å². The first kappa shape index (κ1) is 10.6. The van der Waals surface area contributed by atoms with Gasteiger partial charge in [-0.2, -0.15) is 0 Å². The zero-order chi connectivity index (χ0) is 12.0. The highest BCUT2D eigenvalue weighted by Crippen LogP contribution is 2.46. The zero-order valence-electron chi connectivity index (χ0n) is 8.88. The highest BCUT2D eigenvalue weighted by Gasteiger charge is 2.57. The van der Waals surface area contributed by atoms with Crippen molar-refractivity contribution in [3.63, 3.8) is 0 Å². The molecule has 2 heterocycles. The third-order valence-electron chi connectivity index (χ3n) is 3.41. The molecule has 17 heavy (non-hydrogen) atoms. The van der Waals surface area contributed by atoms with Gasteiger partial charge in [-0.3, -0.25) is 0 Å². The van der Waals surface area contributed by atoms with Crippen molar-refractivity contribution < 1.29 is 9.90 Å². The van der Waals surface area contributed by atoms with Gasteiger partial charge < -0.3 is 15.3 Å². The number of aromatic nitrogens is 2. The van der Waals surface area contributed by atoms with Crippen molar-refractivity contribution in [3.05, 3.63) is 17.3 Å². The van der Waals surface area contributed by atoms with Gasteiger partial charge in [-0.05, 0) is 12.1 Å². The summed E-state index contributed by atoms with van der Waals surface area (Å²) in [6, 6.07) is 3.78. The van der Waals surface area contributed by atoms with E-state index in [0.29, 0.717) is 41.9 Å². The first-order valence-electron chi connectivity index (χ1n) is 5.39. The third kappa shape index (κ3) is 1.88. The highest BCUT2D eigenvalue weighted by molar-refractivity contribution is 6.29. The lowest BCUT2D eigenvalue weighted by molar-refractivity contribution is 0.150. The molecule has 0 unspecified atom stereocenters. The molecule has 2 aliphatic rings. The van der Waals surface area contributed by atoms with Crippen LogP contribution in [0.1, 0.15) is 0 Å². The van der Waals surface area contributed by atoms with Crippen LogP contribution < -0.4 is 5.32 Å². The predicted molar refractivity (Wildman–Crippen MR) is 61.0 cm³/mol. The smallest absolute Gasteiger partial charge is 0.407 e. The van der Waals surface area contributed by atoms with Crippen molar-refractivity contribution in [2.45, 2.75) is 6.04 Å². The van der Waals surface area contributed by atoms with E-state index in [4.69, 9.17) is 16.7 Å². The monoisotopic (exact) mass is 254 g/mol. The molecule has 0 spiro atoms. The number of rotatable bonds is 2. The summed E-state index contributed by atoms with van der Waals surface area (Å²) >= 11 is 5.64. The molecule has 1 aromatic heterocycles. The summed E-state index contributed by atoms with van der Waals surface area (Å²) in [6.45, 7) is 1.22. The minimum atomic E-state index is -0.831. The van der Waals surface area contributed by atoms with Crippen molar-refractivity contribution in [2.75, 3.05) is 18.4 Å². The summed E-state index contributed by atoms with van der Waals surface area (Å²) < 4.78 is 0. The Bertz CT molecular complexity index is 440. The molecule has 2 fully saturated rings. The molecule has 0 radical (unpaired) electrons. The first-order valence-corrected chi connectivity index (χ1v) is 5.76. The molecular weight excluding hydrogens is 244 g/mol. The zero-order valence-corrected chi connectivity index (χ0v) is 9.63. The highest BCUT2D eigenvalue weighted by atomic mass is 35.5. The molecule has 1 aliphatic heterocycles. The van der Waals surface area contributed by atoms with E-state index < -0.39 is 6.09 Å². The van der Waals surface area contributed by atoms with Gasteiger partial charge in [0, 0.05) is 31.0 Å². The summed E-state index contributed by atoms with van der Waals surface area (Å²) in [7, 11) is 0. The lowest BCUT2D eigenvalue weighted by Crippen LogP contribution is -2.32. The maximum Gasteiger partial charge on any atom is 0.407 e. The molecule has 7 heteroatoms. The quantitative estimate of drug-likeness (QED) is 0.828. The number of likely N-dealkylation sites (tertiary alicyclic amines) is 1. The van der Waals surface area contributed by atoms with Gasteiger partial charge >= 0.3 is 6.09 Å². The number of carboxylic acid groups (broad SMARTS) is 1. The van der Waals surface area contributed by atoms with E-state index in [1.807, 2.05) is 0 Å². The predicted octanol–water partition coefficient (Wildman–Crippen LogP) is 1.15. The van der Waals surface area contributed by atoms with E-state index in [2.05, 4.69) is 15.5 Å². The molecule has 3 rings (SSSR count). The van der Waals surface area contributed by atoms with Crippen LogP contribution in [0.25, 0.3) is 0 Å². The largest absolute Gasteiger partial charge is 0.465 e. The van der Waals surface area contributed by atoms with Crippen LogP contribution in [0.4, 0.5) is 10.6 Å². The van der Waals surface area contributed by atoms with Gasteiger partial charge in [0.2, 0.25) is 0 Å². The summed E-state index contributed by atoms with van der Waals surface area (Å²) in [4.78, 5) is 12.2. The lowest BCUT2D eigenvalue weighted by atomic mass is 10.4. The van der Waals surface area contributed by atoms with Crippen LogP contribution in [0, 0.1) is 11.8 Å². The number of hydrogen-bond donors (Lipinski definition) is 2. The summed E-state index contributed by atoms with van der Waals surface area (Å²) in [6.07, 6.45) is -0.831. The fraction of sp³-hybridized carbons (Fsp3) is 0.500.